The molecule has 1 unspecified atom stereocenters. The molecule has 5 rings (SSSR count). The van der Waals surface area contributed by atoms with Crippen LogP contribution >= 0.6 is 0 Å². The molecule has 5 heteroatoms. The molecule has 2 N–H and O–H groups in total. The number of aromatic nitrogens is 1. The SMILES string of the molecule is N#Cc1ccc2c(c1)COC2(CCCNCCCCc1c[nH]c2ccccc12)c1ccc(F)cc1. The lowest BCUT2D eigenvalue weighted by Crippen LogP contribution is -2.29. The number of para-hydroxylation sites is 1. The van der Waals surface area contributed by atoms with Gasteiger partial charge in [-0.2, -0.15) is 5.26 Å². The number of hydrogen-bond acceptors (Lipinski definition) is 3. The number of hydrogen-bond donors (Lipinski definition) is 2. The quantitative estimate of drug-likeness (QED) is 0.267. The smallest absolute Gasteiger partial charge is 0.123 e. The number of aryl methyl sites for hydroxylation is 1. The minimum Gasteiger partial charge on any atom is -0.361 e. The van der Waals surface area contributed by atoms with E-state index in [-0.39, 0.29) is 5.82 Å². The number of aromatic amines is 1. The van der Waals surface area contributed by atoms with Crippen molar-refractivity contribution in [2.75, 3.05) is 13.1 Å². The fraction of sp³-hybridized carbons (Fsp3) is 0.300. The van der Waals surface area contributed by atoms with Crippen molar-refractivity contribution in [2.45, 2.75) is 44.3 Å². The van der Waals surface area contributed by atoms with E-state index < -0.39 is 5.60 Å². The molecule has 2 heterocycles. The number of halogens is 1. The van der Waals surface area contributed by atoms with Gasteiger partial charge in [-0.05, 0) is 97.8 Å². The second-order valence-corrected chi connectivity index (χ2v) is 9.28. The molecule has 0 aliphatic carbocycles. The largest absolute Gasteiger partial charge is 0.361 e. The summed E-state index contributed by atoms with van der Waals surface area (Å²) in [6.45, 7) is 2.34. The van der Waals surface area contributed by atoms with E-state index in [1.807, 2.05) is 30.3 Å². The van der Waals surface area contributed by atoms with Crippen LogP contribution in [0, 0.1) is 17.1 Å². The Morgan fingerprint density at radius 1 is 1.00 bits per heavy atom. The lowest BCUT2D eigenvalue weighted by Gasteiger charge is -2.30. The molecule has 4 nitrogen and oxygen atoms in total. The average molecular weight is 468 g/mol. The van der Waals surface area contributed by atoms with Crippen molar-refractivity contribution < 1.29 is 9.13 Å². The molecule has 0 saturated carbocycles. The normalized spacial score (nSPS) is 16.9. The van der Waals surface area contributed by atoms with E-state index in [4.69, 9.17) is 4.74 Å². The lowest BCUT2D eigenvalue weighted by atomic mass is 9.81. The van der Waals surface area contributed by atoms with Gasteiger partial charge in [-0.3, -0.25) is 0 Å². The predicted octanol–water partition coefficient (Wildman–Crippen LogP) is 6.35. The van der Waals surface area contributed by atoms with Crippen LogP contribution in [0.1, 0.15) is 53.5 Å². The second kappa shape index (κ2) is 10.4. The molecular formula is C30H30FN3O. The highest BCUT2D eigenvalue weighted by Crippen LogP contribution is 2.45. The summed E-state index contributed by atoms with van der Waals surface area (Å²) in [5.74, 6) is -0.253. The van der Waals surface area contributed by atoms with Crippen LogP contribution in [0.4, 0.5) is 4.39 Å². The van der Waals surface area contributed by atoms with Crippen LogP contribution in [0.15, 0.2) is 72.9 Å². The van der Waals surface area contributed by atoms with Gasteiger partial charge in [-0.25, -0.2) is 4.39 Å². The van der Waals surface area contributed by atoms with E-state index in [1.165, 1.54) is 28.6 Å². The Kier molecular flexibility index (Phi) is 6.94. The number of nitrogens with zero attached hydrogens (tertiary/aromatic N) is 1. The maximum Gasteiger partial charge on any atom is 0.123 e. The fourth-order valence-electron chi connectivity index (χ4n) is 5.26. The van der Waals surface area contributed by atoms with Gasteiger partial charge in [0, 0.05) is 17.1 Å². The summed E-state index contributed by atoms with van der Waals surface area (Å²) in [7, 11) is 0. The Bertz CT molecular complexity index is 1340. The molecule has 0 radical (unpaired) electrons. The minimum absolute atomic E-state index is 0.253. The zero-order valence-corrected chi connectivity index (χ0v) is 19.8. The molecule has 1 aliphatic rings. The average Bonchev–Trinajstić information content (AvgIpc) is 3.48. The standard InChI is InChI=1S/C30H30FN3O/c31-26-12-10-25(11-13-26)30(28-14-9-22(19-32)18-24(28)21-35-30)15-5-17-33-16-4-3-6-23-20-34-29-8-2-1-7-27(23)29/h1-2,7-14,18,20,33-34H,3-6,15-17,21H2. The first-order valence-electron chi connectivity index (χ1n) is 12.4. The maximum atomic E-state index is 13.6. The Hall–Kier alpha value is -3.46. The molecule has 1 aliphatic heterocycles. The van der Waals surface area contributed by atoms with E-state index >= 15 is 0 Å². The number of nitrogens with one attached hydrogen (secondary N) is 2. The molecule has 1 aromatic heterocycles. The molecule has 0 saturated heterocycles. The Morgan fingerprint density at radius 2 is 1.83 bits per heavy atom. The van der Waals surface area contributed by atoms with Crippen LogP contribution in [-0.2, 0) is 23.4 Å². The Morgan fingerprint density at radius 3 is 2.69 bits per heavy atom. The summed E-state index contributed by atoms with van der Waals surface area (Å²) in [5, 5.41) is 14.2. The molecule has 0 amide bonds. The van der Waals surface area contributed by atoms with Crippen LogP contribution in [0.25, 0.3) is 10.9 Å². The van der Waals surface area contributed by atoms with E-state index in [2.05, 4.69) is 46.8 Å². The number of ether oxygens (including phenoxy) is 1. The van der Waals surface area contributed by atoms with E-state index in [0.29, 0.717) is 12.2 Å². The second-order valence-electron chi connectivity index (χ2n) is 9.28. The topological polar surface area (TPSA) is 60.8 Å². The summed E-state index contributed by atoms with van der Waals surface area (Å²) < 4.78 is 20.0. The third-order valence-corrected chi connectivity index (χ3v) is 7.06. The first kappa shape index (κ1) is 23.3. The molecule has 35 heavy (non-hydrogen) atoms. The minimum atomic E-state index is -0.603. The fourth-order valence-corrected chi connectivity index (χ4v) is 5.26. The molecule has 178 valence electrons. The van der Waals surface area contributed by atoms with Crippen molar-refractivity contribution in [3.05, 3.63) is 107 Å². The Labute approximate surface area is 205 Å². The molecule has 0 spiro atoms. The van der Waals surface area contributed by atoms with Crippen molar-refractivity contribution in [2.24, 2.45) is 0 Å². The first-order valence-corrected chi connectivity index (χ1v) is 12.4. The van der Waals surface area contributed by atoms with Gasteiger partial charge < -0.3 is 15.0 Å². The van der Waals surface area contributed by atoms with E-state index in [1.54, 1.807) is 0 Å². The molecule has 0 bridgehead atoms. The monoisotopic (exact) mass is 467 g/mol. The van der Waals surface area contributed by atoms with E-state index in [0.717, 1.165) is 61.9 Å². The molecule has 0 fully saturated rings. The zero-order valence-electron chi connectivity index (χ0n) is 19.8. The van der Waals surface area contributed by atoms with Crippen molar-refractivity contribution in [3.8, 4) is 6.07 Å². The lowest BCUT2D eigenvalue weighted by molar-refractivity contribution is -0.0129. The summed E-state index contributed by atoms with van der Waals surface area (Å²) >= 11 is 0. The van der Waals surface area contributed by atoms with Crippen LogP contribution in [0.5, 0.6) is 0 Å². The zero-order chi connectivity index (χ0) is 24.1. The van der Waals surface area contributed by atoms with Crippen molar-refractivity contribution >= 4 is 10.9 Å². The predicted molar refractivity (Wildman–Crippen MR) is 136 cm³/mol. The van der Waals surface area contributed by atoms with Gasteiger partial charge >= 0.3 is 0 Å². The summed E-state index contributed by atoms with van der Waals surface area (Å²) in [4.78, 5) is 3.35. The first-order chi connectivity index (χ1) is 17.2. The van der Waals surface area contributed by atoms with Crippen LogP contribution in [0.2, 0.25) is 0 Å². The van der Waals surface area contributed by atoms with Gasteiger partial charge in [0.25, 0.3) is 0 Å². The summed E-state index contributed by atoms with van der Waals surface area (Å²) in [6, 6.07) is 23.0. The molecule has 3 aromatic carbocycles. The highest BCUT2D eigenvalue weighted by atomic mass is 19.1. The molecular weight excluding hydrogens is 437 g/mol. The van der Waals surface area contributed by atoms with Gasteiger partial charge in [0.05, 0.1) is 18.2 Å². The van der Waals surface area contributed by atoms with Gasteiger partial charge in [-0.15, -0.1) is 0 Å². The van der Waals surface area contributed by atoms with Gasteiger partial charge in [-0.1, -0.05) is 36.4 Å². The highest BCUT2D eigenvalue weighted by Gasteiger charge is 2.41. The van der Waals surface area contributed by atoms with Crippen molar-refractivity contribution in [1.29, 1.82) is 5.26 Å². The van der Waals surface area contributed by atoms with Gasteiger partial charge in [0.2, 0.25) is 0 Å². The summed E-state index contributed by atoms with van der Waals surface area (Å²) in [6.07, 6.45) is 7.20. The highest BCUT2D eigenvalue weighted by molar-refractivity contribution is 5.83. The number of nitriles is 1. The van der Waals surface area contributed by atoms with Crippen LogP contribution < -0.4 is 5.32 Å². The van der Waals surface area contributed by atoms with Crippen molar-refractivity contribution in [3.63, 3.8) is 0 Å². The van der Waals surface area contributed by atoms with Crippen LogP contribution in [-0.4, -0.2) is 18.1 Å². The Balaban J connectivity index is 1.15. The molecule has 1 atom stereocenters. The summed E-state index contributed by atoms with van der Waals surface area (Å²) in [5.41, 5.74) is 5.71. The maximum absolute atomic E-state index is 13.6. The van der Waals surface area contributed by atoms with Crippen molar-refractivity contribution in [1.82, 2.24) is 10.3 Å². The number of H-pyrrole nitrogens is 1. The third kappa shape index (κ3) is 4.86. The molecule has 4 aromatic rings. The number of rotatable bonds is 10. The number of unbranched alkanes of at least 4 members (excludes halogenated alkanes) is 1. The van der Waals surface area contributed by atoms with Gasteiger partial charge in [0.1, 0.15) is 11.4 Å². The van der Waals surface area contributed by atoms with E-state index in [9.17, 15) is 9.65 Å². The third-order valence-electron chi connectivity index (χ3n) is 7.06. The number of benzene rings is 3. The van der Waals surface area contributed by atoms with Gasteiger partial charge in [0.15, 0.2) is 0 Å². The number of fused-ring (bicyclic) bond motifs is 2. The van der Waals surface area contributed by atoms with Crippen LogP contribution in [0.3, 0.4) is 0 Å².